The molecule has 3 rings (SSSR count). The van der Waals surface area contributed by atoms with Crippen LogP contribution in [-0.4, -0.2) is 0 Å². The molecule has 106 valence electrons. The number of rotatable bonds is 3. The third-order valence-corrected chi connectivity index (χ3v) is 4.04. The predicted octanol–water partition coefficient (Wildman–Crippen LogP) is 5.31. The molecular formula is C17H13Cl2NO. The van der Waals surface area contributed by atoms with Gasteiger partial charge in [-0.2, -0.15) is 0 Å². The first-order valence-electron chi connectivity index (χ1n) is 6.49. The molecule has 0 fully saturated rings. The van der Waals surface area contributed by atoms with Gasteiger partial charge in [0.15, 0.2) is 0 Å². The fraction of sp³-hybridized carbons (Fsp3) is 0.0588. The first-order valence-corrected chi connectivity index (χ1v) is 7.24. The van der Waals surface area contributed by atoms with Crippen molar-refractivity contribution in [2.24, 2.45) is 0 Å². The highest BCUT2D eigenvalue weighted by atomic mass is 35.5. The molecule has 0 atom stereocenters. The van der Waals surface area contributed by atoms with Crippen molar-refractivity contribution in [1.29, 1.82) is 0 Å². The molecular weight excluding hydrogens is 305 g/mol. The molecule has 2 nitrogen and oxygen atoms in total. The lowest BCUT2D eigenvalue weighted by atomic mass is 10.1. The van der Waals surface area contributed by atoms with E-state index in [0.29, 0.717) is 16.7 Å². The average Bonchev–Trinajstić information content (AvgIpc) is 2.50. The Morgan fingerprint density at radius 3 is 2.38 bits per heavy atom. The van der Waals surface area contributed by atoms with Crippen LogP contribution in [0.25, 0.3) is 10.8 Å². The van der Waals surface area contributed by atoms with Gasteiger partial charge in [-0.3, -0.25) is 0 Å². The maximum absolute atomic E-state index is 6.01. The standard InChI is InChI=1S/C17H13Cl2NO/c18-14-6-5-11(9-15(14)19)10-21-17-8-7-16(20)12-3-1-2-4-13(12)17/h1-9H,10,20H2. The van der Waals surface area contributed by atoms with E-state index in [2.05, 4.69) is 0 Å². The summed E-state index contributed by atoms with van der Waals surface area (Å²) in [4.78, 5) is 0. The van der Waals surface area contributed by atoms with Crippen molar-refractivity contribution in [1.82, 2.24) is 0 Å². The van der Waals surface area contributed by atoms with E-state index in [0.717, 1.165) is 27.8 Å². The molecule has 4 heteroatoms. The second kappa shape index (κ2) is 5.84. The van der Waals surface area contributed by atoms with E-state index in [1.54, 1.807) is 6.07 Å². The van der Waals surface area contributed by atoms with E-state index in [-0.39, 0.29) is 0 Å². The summed E-state index contributed by atoms with van der Waals surface area (Å²) in [6.07, 6.45) is 0. The lowest BCUT2D eigenvalue weighted by Gasteiger charge is -2.11. The van der Waals surface area contributed by atoms with Crippen molar-refractivity contribution < 1.29 is 4.74 Å². The zero-order valence-corrected chi connectivity index (χ0v) is 12.7. The number of anilines is 1. The molecule has 0 saturated heterocycles. The second-order valence-corrected chi connectivity index (χ2v) is 5.55. The Balaban J connectivity index is 1.88. The molecule has 0 saturated carbocycles. The number of nitrogen functional groups attached to an aromatic ring is 1. The molecule has 3 aromatic carbocycles. The SMILES string of the molecule is Nc1ccc(OCc2ccc(Cl)c(Cl)c2)c2ccccc12. The van der Waals surface area contributed by atoms with Gasteiger partial charge in [0.1, 0.15) is 12.4 Å². The smallest absolute Gasteiger partial charge is 0.127 e. The van der Waals surface area contributed by atoms with Crippen molar-refractivity contribution >= 4 is 39.7 Å². The van der Waals surface area contributed by atoms with E-state index in [4.69, 9.17) is 33.7 Å². The van der Waals surface area contributed by atoms with Crippen LogP contribution in [0.2, 0.25) is 10.0 Å². The fourth-order valence-corrected chi connectivity index (χ4v) is 2.53. The number of halogens is 2. The fourth-order valence-electron chi connectivity index (χ4n) is 2.21. The van der Waals surface area contributed by atoms with Gasteiger partial charge in [0.05, 0.1) is 10.0 Å². The second-order valence-electron chi connectivity index (χ2n) is 4.74. The van der Waals surface area contributed by atoms with Crippen LogP contribution in [0.15, 0.2) is 54.6 Å². The number of hydrogen-bond donors (Lipinski definition) is 1. The molecule has 0 unspecified atom stereocenters. The van der Waals surface area contributed by atoms with Crippen molar-refractivity contribution in [3.05, 3.63) is 70.2 Å². The molecule has 0 bridgehead atoms. The van der Waals surface area contributed by atoms with E-state index >= 15 is 0 Å². The van der Waals surface area contributed by atoms with E-state index in [1.807, 2.05) is 48.5 Å². The largest absolute Gasteiger partial charge is 0.488 e. The van der Waals surface area contributed by atoms with E-state index in [9.17, 15) is 0 Å². The molecule has 0 spiro atoms. The van der Waals surface area contributed by atoms with Gasteiger partial charge in [0.25, 0.3) is 0 Å². The van der Waals surface area contributed by atoms with Gasteiger partial charge in [-0.15, -0.1) is 0 Å². The van der Waals surface area contributed by atoms with Gasteiger partial charge in [0.2, 0.25) is 0 Å². The quantitative estimate of drug-likeness (QED) is 0.664. The summed E-state index contributed by atoms with van der Waals surface area (Å²) in [7, 11) is 0. The third kappa shape index (κ3) is 2.92. The van der Waals surface area contributed by atoms with Gasteiger partial charge >= 0.3 is 0 Å². The Morgan fingerprint density at radius 2 is 1.62 bits per heavy atom. The Morgan fingerprint density at radius 1 is 0.857 bits per heavy atom. The molecule has 0 aliphatic heterocycles. The maximum atomic E-state index is 6.01. The van der Waals surface area contributed by atoms with Crippen LogP contribution in [0.3, 0.4) is 0 Å². The van der Waals surface area contributed by atoms with Crippen LogP contribution in [0.4, 0.5) is 5.69 Å². The van der Waals surface area contributed by atoms with Crippen LogP contribution in [-0.2, 0) is 6.61 Å². The molecule has 0 heterocycles. The summed E-state index contributed by atoms with van der Waals surface area (Å²) in [6, 6.07) is 17.1. The van der Waals surface area contributed by atoms with Crippen molar-refractivity contribution in [3.8, 4) is 5.75 Å². The Hall–Kier alpha value is -1.90. The van der Waals surface area contributed by atoms with Gasteiger partial charge in [-0.05, 0) is 29.8 Å². The summed E-state index contributed by atoms with van der Waals surface area (Å²) in [6.45, 7) is 0.421. The minimum Gasteiger partial charge on any atom is -0.488 e. The van der Waals surface area contributed by atoms with Gasteiger partial charge in [-0.25, -0.2) is 0 Å². The van der Waals surface area contributed by atoms with Crippen LogP contribution < -0.4 is 10.5 Å². The van der Waals surface area contributed by atoms with E-state index < -0.39 is 0 Å². The van der Waals surface area contributed by atoms with Crippen LogP contribution in [0, 0.1) is 0 Å². The molecule has 0 aliphatic carbocycles. The summed E-state index contributed by atoms with van der Waals surface area (Å²) in [5, 5.41) is 3.06. The predicted molar refractivity (Wildman–Crippen MR) is 89.2 cm³/mol. The molecule has 21 heavy (non-hydrogen) atoms. The Bertz CT molecular complexity index is 802. The lowest BCUT2D eigenvalue weighted by Crippen LogP contribution is -1.97. The number of ether oxygens (including phenoxy) is 1. The first-order chi connectivity index (χ1) is 10.1. The van der Waals surface area contributed by atoms with Crippen molar-refractivity contribution in [3.63, 3.8) is 0 Å². The van der Waals surface area contributed by atoms with Gasteiger partial charge in [-0.1, -0.05) is 53.5 Å². The molecule has 0 radical (unpaired) electrons. The molecule has 0 amide bonds. The Kier molecular flexibility index (Phi) is 3.91. The highest BCUT2D eigenvalue weighted by molar-refractivity contribution is 6.42. The zero-order valence-electron chi connectivity index (χ0n) is 11.1. The minimum atomic E-state index is 0.421. The molecule has 0 aromatic heterocycles. The zero-order chi connectivity index (χ0) is 14.8. The first kappa shape index (κ1) is 14.1. The van der Waals surface area contributed by atoms with Crippen molar-refractivity contribution in [2.45, 2.75) is 6.61 Å². The number of fused-ring (bicyclic) bond motifs is 1. The summed E-state index contributed by atoms with van der Waals surface area (Å²) in [5.41, 5.74) is 7.69. The molecule has 2 N–H and O–H groups in total. The summed E-state index contributed by atoms with van der Waals surface area (Å²) >= 11 is 11.9. The lowest BCUT2D eigenvalue weighted by molar-refractivity contribution is 0.310. The van der Waals surface area contributed by atoms with Crippen LogP contribution in [0.1, 0.15) is 5.56 Å². The van der Waals surface area contributed by atoms with Crippen LogP contribution in [0.5, 0.6) is 5.75 Å². The van der Waals surface area contributed by atoms with Gasteiger partial charge < -0.3 is 10.5 Å². The highest BCUT2D eigenvalue weighted by Gasteiger charge is 2.06. The van der Waals surface area contributed by atoms with Crippen LogP contribution >= 0.6 is 23.2 Å². The highest BCUT2D eigenvalue weighted by Crippen LogP contribution is 2.31. The molecule has 0 aliphatic rings. The minimum absolute atomic E-state index is 0.421. The normalized spacial score (nSPS) is 10.8. The molecule has 3 aromatic rings. The summed E-state index contributed by atoms with van der Waals surface area (Å²) in [5.74, 6) is 0.797. The number of nitrogens with two attached hydrogens (primary N) is 1. The topological polar surface area (TPSA) is 35.2 Å². The number of benzene rings is 3. The number of hydrogen-bond acceptors (Lipinski definition) is 2. The maximum Gasteiger partial charge on any atom is 0.127 e. The summed E-state index contributed by atoms with van der Waals surface area (Å²) < 4.78 is 5.90. The van der Waals surface area contributed by atoms with E-state index in [1.165, 1.54) is 0 Å². The van der Waals surface area contributed by atoms with Gasteiger partial charge in [0, 0.05) is 16.5 Å². The Labute approximate surface area is 133 Å². The monoisotopic (exact) mass is 317 g/mol. The third-order valence-electron chi connectivity index (χ3n) is 3.30. The van der Waals surface area contributed by atoms with Crippen molar-refractivity contribution in [2.75, 3.05) is 5.73 Å². The average molecular weight is 318 g/mol.